The van der Waals surface area contributed by atoms with Gasteiger partial charge in [-0.05, 0) is 45.1 Å². The summed E-state index contributed by atoms with van der Waals surface area (Å²) in [7, 11) is 0. The Morgan fingerprint density at radius 3 is 2.28 bits per heavy atom. The first-order valence-corrected chi connectivity index (χ1v) is 6.49. The van der Waals surface area contributed by atoms with Gasteiger partial charge in [-0.1, -0.05) is 36.4 Å². The summed E-state index contributed by atoms with van der Waals surface area (Å²) in [4.78, 5) is 11.8. The molecule has 1 saturated carbocycles. The highest BCUT2D eigenvalue weighted by molar-refractivity contribution is 5.87. The molecule has 1 aromatic carbocycles. The number of esters is 1. The molecule has 0 spiro atoms. The zero-order valence-electron chi connectivity index (χ0n) is 11.2. The van der Waals surface area contributed by atoms with Gasteiger partial charge in [0.2, 0.25) is 0 Å². The molecule has 1 aromatic rings. The van der Waals surface area contributed by atoms with Crippen molar-refractivity contribution in [1.82, 2.24) is 0 Å². The van der Waals surface area contributed by atoms with Crippen LogP contribution in [0.3, 0.4) is 0 Å². The van der Waals surface area contributed by atoms with Crippen LogP contribution in [-0.4, -0.2) is 5.97 Å². The molecule has 0 saturated heterocycles. The molecule has 2 nitrogen and oxygen atoms in total. The van der Waals surface area contributed by atoms with Crippen LogP contribution in [0.1, 0.15) is 43.7 Å². The molecule has 96 valence electrons. The fourth-order valence-electron chi connectivity index (χ4n) is 2.52. The Labute approximate surface area is 109 Å². The van der Waals surface area contributed by atoms with E-state index >= 15 is 0 Å². The summed E-state index contributed by atoms with van der Waals surface area (Å²) in [5.74, 6) is -0.280. The average Bonchev–Trinajstić information content (AvgIpc) is 2.79. The van der Waals surface area contributed by atoms with Gasteiger partial charge in [0, 0.05) is 5.57 Å². The molecule has 1 fully saturated rings. The van der Waals surface area contributed by atoms with Crippen molar-refractivity contribution in [2.24, 2.45) is 0 Å². The zero-order chi connectivity index (χ0) is 13.2. The SMILES string of the molecule is C=C(C)C(=O)OC1(c2ccc(C)cc2)CCCC1. The minimum Gasteiger partial charge on any atom is -0.451 e. The molecule has 0 unspecified atom stereocenters. The average molecular weight is 244 g/mol. The molecule has 0 atom stereocenters. The lowest BCUT2D eigenvalue weighted by atomic mass is 9.91. The predicted molar refractivity (Wildman–Crippen MR) is 72.2 cm³/mol. The van der Waals surface area contributed by atoms with Crippen LogP contribution in [0.15, 0.2) is 36.4 Å². The number of benzene rings is 1. The van der Waals surface area contributed by atoms with Crippen molar-refractivity contribution in [3.05, 3.63) is 47.5 Å². The summed E-state index contributed by atoms with van der Waals surface area (Å²) in [5, 5.41) is 0. The molecule has 0 amide bonds. The fourth-order valence-corrected chi connectivity index (χ4v) is 2.52. The first kappa shape index (κ1) is 12.9. The van der Waals surface area contributed by atoms with Crippen molar-refractivity contribution in [3.63, 3.8) is 0 Å². The quantitative estimate of drug-likeness (QED) is 0.595. The van der Waals surface area contributed by atoms with Crippen LogP contribution >= 0.6 is 0 Å². The normalized spacial score (nSPS) is 17.4. The van der Waals surface area contributed by atoms with Crippen LogP contribution in [-0.2, 0) is 15.1 Å². The Bertz CT molecular complexity index is 450. The summed E-state index contributed by atoms with van der Waals surface area (Å²) in [6, 6.07) is 8.30. The van der Waals surface area contributed by atoms with Gasteiger partial charge >= 0.3 is 5.97 Å². The molecule has 2 heteroatoms. The highest BCUT2D eigenvalue weighted by atomic mass is 16.6. The standard InChI is InChI=1S/C16H20O2/c1-12(2)15(17)18-16(10-4-5-11-16)14-8-6-13(3)7-9-14/h6-9H,1,4-5,10-11H2,2-3H3. The van der Waals surface area contributed by atoms with E-state index in [1.54, 1.807) is 6.92 Å². The van der Waals surface area contributed by atoms with Crippen LogP contribution in [0.2, 0.25) is 0 Å². The maximum Gasteiger partial charge on any atom is 0.333 e. The van der Waals surface area contributed by atoms with E-state index in [9.17, 15) is 4.79 Å². The van der Waals surface area contributed by atoms with Crippen molar-refractivity contribution in [1.29, 1.82) is 0 Å². The Hall–Kier alpha value is -1.57. The van der Waals surface area contributed by atoms with Gasteiger partial charge in [0.1, 0.15) is 5.60 Å². The zero-order valence-corrected chi connectivity index (χ0v) is 11.2. The highest BCUT2D eigenvalue weighted by Gasteiger charge is 2.39. The lowest BCUT2D eigenvalue weighted by Crippen LogP contribution is -2.29. The topological polar surface area (TPSA) is 26.3 Å². The second-order valence-electron chi connectivity index (χ2n) is 5.24. The van der Waals surface area contributed by atoms with Crippen LogP contribution < -0.4 is 0 Å². The molecule has 0 aromatic heterocycles. The first-order valence-electron chi connectivity index (χ1n) is 6.49. The Balaban J connectivity index is 2.29. The second kappa shape index (κ2) is 4.97. The van der Waals surface area contributed by atoms with Gasteiger partial charge in [0.15, 0.2) is 0 Å². The van der Waals surface area contributed by atoms with Crippen LogP contribution in [0.5, 0.6) is 0 Å². The van der Waals surface area contributed by atoms with Gasteiger partial charge < -0.3 is 4.74 Å². The Morgan fingerprint density at radius 2 is 1.78 bits per heavy atom. The van der Waals surface area contributed by atoms with Gasteiger partial charge in [-0.3, -0.25) is 0 Å². The highest BCUT2D eigenvalue weighted by Crippen LogP contribution is 2.42. The van der Waals surface area contributed by atoms with Crippen molar-refractivity contribution in [2.45, 2.75) is 45.1 Å². The maximum atomic E-state index is 11.8. The number of rotatable bonds is 3. The molecule has 1 aliphatic rings. The van der Waals surface area contributed by atoms with Gasteiger partial charge in [-0.25, -0.2) is 4.79 Å². The molecule has 0 heterocycles. The van der Waals surface area contributed by atoms with Crippen LogP contribution in [0.25, 0.3) is 0 Å². The number of aryl methyl sites for hydroxylation is 1. The Kier molecular flexibility index (Phi) is 3.55. The van der Waals surface area contributed by atoms with Gasteiger partial charge in [0.05, 0.1) is 0 Å². The minimum atomic E-state index is -0.427. The lowest BCUT2D eigenvalue weighted by Gasteiger charge is -2.30. The van der Waals surface area contributed by atoms with E-state index in [-0.39, 0.29) is 5.97 Å². The molecule has 2 rings (SSSR count). The molecular weight excluding hydrogens is 224 g/mol. The molecule has 0 aliphatic heterocycles. The largest absolute Gasteiger partial charge is 0.451 e. The van der Waals surface area contributed by atoms with Crippen molar-refractivity contribution < 1.29 is 9.53 Å². The number of carbonyl (C=O) groups is 1. The summed E-state index contributed by atoms with van der Waals surface area (Å²) in [5.41, 5.74) is 2.37. The van der Waals surface area contributed by atoms with E-state index in [2.05, 4.69) is 37.8 Å². The first-order chi connectivity index (χ1) is 8.53. The molecule has 18 heavy (non-hydrogen) atoms. The summed E-state index contributed by atoms with van der Waals surface area (Å²) < 4.78 is 5.75. The third-order valence-electron chi connectivity index (χ3n) is 3.63. The summed E-state index contributed by atoms with van der Waals surface area (Å²) in [6.07, 6.45) is 4.04. The van der Waals surface area contributed by atoms with Gasteiger partial charge in [0.25, 0.3) is 0 Å². The molecule has 1 aliphatic carbocycles. The number of hydrogen-bond acceptors (Lipinski definition) is 2. The van der Waals surface area contributed by atoms with Gasteiger partial charge in [-0.15, -0.1) is 0 Å². The van der Waals surface area contributed by atoms with Crippen LogP contribution in [0, 0.1) is 6.92 Å². The third-order valence-corrected chi connectivity index (χ3v) is 3.63. The third kappa shape index (κ3) is 2.47. The summed E-state index contributed by atoms with van der Waals surface area (Å²) >= 11 is 0. The van der Waals surface area contributed by atoms with E-state index < -0.39 is 5.60 Å². The number of hydrogen-bond donors (Lipinski definition) is 0. The molecule has 0 radical (unpaired) electrons. The second-order valence-corrected chi connectivity index (χ2v) is 5.24. The minimum absolute atomic E-state index is 0.280. The molecular formula is C16H20O2. The van der Waals surface area contributed by atoms with E-state index in [1.165, 1.54) is 5.56 Å². The van der Waals surface area contributed by atoms with Gasteiger partial charge in [-0.2, -0.15) is 0 Å². The molecule has 0 N–H and O–H groups in total. The van der Waals surface area contributed by atoms with Crippen molar-refractivity contribution in [2.75, 3.05) is 0 Å². The number of ether oxygens (including phenoxy) is 1. The number of carbonyl (C=O) groups excluding carboxylic acids is 1. The van der Waals surface area contributed by atoms with E-state index in [1.807, 2.05) is 0 Å². The van der Waals surface area contributed by atoms with Crippen molar-refractivity contribution in [3.8, 4) is 0 Å². The van der Waals surface area contributed by atoms with Crippen molar-refractivity contribution >= 4 is 5.97 Å². The monoisotopic (exact) mass is 244 g/mol. The predicted octanol–water partition coefficient (Wildman–Crippen LogP) is 3.88. The smallest absolute Gasteiger partial charge is 0.333 e. The Morgan fingerprint density at radius 1 is 1.22 bits per heavy atom. The molecule has 0 bridgehead atoms. The van der Waals surface area contributed by atoms with E-state index in [0.29, 0.717) is 5.57 Å². The maximum absolute atomic E-state index is 11.8. The van der Waals surface area contributed by atoms with E-state index in [0.717, 1.165) is 31.2 Å². The van der Waals surface area contributed by atoms with E-state index in [4.69, 9.17) is 4.74 Å². The fraction of sp³-hybridized carbons (Fsp3) is 0.438. The lowest BCUT2D eigenvalue weighted by molar-refractivity contribution is -0.155. The summed E-state index contributed by atoms with van der Waals surface area (Å²) in [6.45, 7) is 7.42. The van der Waals surface area contributed by atoms with Crippen LogP contribution in [0.4, 0.5) is 0 Å².